The van der Waals surface area contributed by atoms with E-state index in [0.717, 1.165) is 5.75 Å². The molecule has 0 N–H and O–H groups in total. The fraction of sp³-hybridized carbons (Fsp3) is 0.250. The van der Waals surface area contributed by atoms with Gasteiger partial charge in [-0.15, -0.1) is 11.8 Å². The van der Waals surface area contributed by atoms with Gasteiger partial charge in [-0.1, -0.05) is 0 Å². The van der Waals surface area contributed by atoms with Gasteiger partial charge in [0.05, 0.1) is 7.11 Å². The van der Waals surface area contributed by atoms with Gasteiger partial charge in [-0.3, -0.25) is 0 Å². The van der Waals surface area contributed by atoms with Crippen molar-refractivity contribution >= 4 is 25.3 Å². The van der Waals surface area contributed by atoms with Gasteiger partial charge in [0.1, 0.15) is 5.75 Å². The molecule has 0 spiro atoms. The molecule has 0 radical (unpaired) electrons. The van der Waals surface area contributed by atoms with Crippen molar-refractivity contribution in [3.63, 3.8) is 0 Å². The van der Waals surface area contributed by atoms with Gasteiger partial charge in [-0.2, -0.15) is 13.5 Å². The summed E-state index contributed by atoms with van der Waals surface area (Å²) in [6, 6.07) is 8.02. The van der Waals surface area contributed by atoms with Gasteiger partial charge in [-0.25, -0.2) is 0 Å². The van der Waals surface area contributed by atoms with Crippen molar-refractivity contribution in [2.75, 3.05) is 13.4 Å². The quantitative estimate of drug-likeness (QED) is 0.660. The molecule has 0 heterocycles. The van der Waals surface area contributed by atoms with Crippen LogP contribution < -0.4 is 4.74 Å². The van der Waals surface area contributed by atoms with Crippen molar-refractivity contribution in [1.82, 2.24) is 0 Å². The Labute approximate surface area is 78.6 Å². The Balaban J connectivity index is 0.000001000. The lowest BCUT2D eigenvalue weighted by molar-refractivity contribution is 0.414. The lowest BCUT2D eigenvalue weighted by atomic mass is 10.3. The second-order valence-electron chi connectivity index (χ2n) is 1.88. The molecule has 0 amide bonds. The third-order valence-electron chi connectivity index (χ3n) is 1.30. The molecule has 1 rings (SSSR count). The maximum absolute atomic E-state index is 5.00. The minimum atomic E-state index is 0. The van der Waals surface area contributed by atoms with Crippen molar-refractivity contribution in [2.24, 2.45) is 0 Å². The Hall–Kier alpha value is -0.280. The Bertz CT molecular complexity index is 173. The molecule has 0 bridgehead atoms. The average molecular weight is 188 g/mol. The molecule has 0 saturated carbocycles. The number of benzene rings is 1. The fourth-order valence-corrected chi connectivity index (χ4v) is 1.12. The van der Waals surface area contributed by atoms with Crippen molar-refractivity contribution in [3.05, 3.63) is 24.3 Å². The van der Waals surface area contributed by atoms with Crippen LogP contribution in [0.5, 0.6) is 5.75 Å². The van der Waals surface area contributed by atoms with Crippen molar-refractivity contribution in [1.29, 1.82) is 0 Å². The molecule has 0 unspecified atom stereocenters. The second-order valence-corrected chi connectivity index (χ2v) is 2.76. The van der Waals surface area contributed by atoms with E-state index in [0.29, 0.717) is 0 Å². The Morgan fingerprint density at radius 1 is 1.18 bits per heavy atom. The van der Waals surface area contributed by atoms with Crippen LogP contribution >= 0.6 is 25.3 Å². The van der Waals surface area contributed by atoms with Crippen LogP contribution in [0, 0.1) is 0 Å². The van der Waals surface area contributed by atoms with Gasteiger partial charge in [0, 0.05) is 4.90 Å². The molecule has 0 aliphatic carbocycles. The van der Waals surface area contributed by atoms with Crippen molar-refractivity contribution in [3.8, 4) is 5.75 Å². The molecule has 0 aromatic heterocycles. The molecule has 0 atom stereocenters. The first-order valence-electron chi connectivity index (χ1n) is 3.05. The number of thioether (sulfide) groups is 1. The zero-order chi connectivity index (χ0) is 7.40. The van der Waals surface area contributed by atoms with Crippen LogP contribution in [0.25, 0.3) is 0 Å². The average Bonchev–Trinajstić information content (AvgIpc) is 2.05. The molecule has 0 saturated heterocycles. The minimum absolute atomic E-state index is 0. The molecule has 0 aliphatic heterocycles. The SMILES string of the molecule is COc1ccc(SC)cc1.S. The van der Waals surface area contributed by atoms with Gasteiger partial charge in [0.25, 0.3) is 0 Å². The van der Waals surface area contributed by atoms with Gasteiger partial charge < -0.3 is 4.74 Å². The first-order valence-corrected chi connectivity index (χ1v) is 4.27. The van der Waals surface area contributed by atoms with Crippen molar-refractivity contribution < 1.29 is 4.74 Å². The van der Waals surface area contributed by atoms with Gasteiger partial charge in [0.2, 0.25) is 0 Å². The molecular formula is C8H12OS2. The Morgan fingerprint density at radius 3 is 2.09 bits per heavy atom. The molecule has 1 aromatic rings. The van der Waals surface area contributed by atoms with Crippen molar-refractivity contribution in [2.45, 2.75) is 4.90 Å². The topological polar surface area (TPSA) is 9.23 Å². The molecule has 0 fully saturated rings. The Kier molecular flexibility index (Phi) is 5.24. The second kappa shape index (κ2) is 5.38. The summed E-state index contributed by atoms with van der Waals surface area (Å²) in [6.07, 6.45) is 2.06. The number of rotatable bonds is 2. The Morgan fingerprint density at radius 2 is 1.73 bits per heavy atom. The normalized spacial score (nSPS) is 8.55. The monoisotopic (exact) mass is 188 g/mol. The molecule has 11 heavy (non-hydrogen) atoms. The van der Waals surface area contributed by atoms with Gasteiger partial charge >= 0.3 is 0 Å². The fourth-order valence-electron chi connectivity index (χ4n) is 0.712. The largest absolute Gasteiger partial charge is 0.497 e. The van der Waals surface area contributed by atoms with Crippen LogP contribution in [0.3, 0.4) is 0 Å². The molecule has 1 aromatic carbocycles. The van der Waals surface area contributed by atoms with E-state index in [1.54, 1.807) is 18.9 Å². The summed E-state index contributed by atoms with van der Waals surface area (Å²) >= 11 is 1.73. The maximum atomic E-state index is 5.00. The summed E-state index contributed by atoms with van der Waals surface area (Å²) in [5.41, 5.74) is 0. The number of hydrogen-bond donors (Lipinski definition) is 0. The highest BCUT2D eigenvalue weighted by Gasteiger charge is 1.89. The first-order chi connectivity index (χ1) is 4.86. The minimum Gasteiger partial charge on any atom is -0.497 e. The van der Waals surface area contributed by atoms with Crippen LogP contribution in [0.2, 0.25) is 0 Å². The van der Waals surface area contributed by atoms with Crippen LogP contribution in [-0.2, 0) is 0 Å². The highest BCUT2D eigenvalue weighted by atomic mass is 32.2. The highest BCUT2D eigenvalue weighted by molar-refractivity contribution is 7.98. The van der Waals surface area contributed by atoms with E-state index < -0.39 is 0 Å². The van der Waals surface area contributed by atoms with E-state index in [-0.39, 0.29) is 13.5 Å². The third kappa shape index (κ3) is 3.08. The summed E-state index contributed by atoms with van der Waals surface area (Å²) in [7, 11) is 1.67. The summed E-state index contributed by atoms with van der Waals surface area (Å²) in [4.78, 5) is 1.26. The third-order valence-corrected chi connectivity index (χ3v) is 2.04. The van der Waals surface area contributed by atoms with E-state index in [4.69, 9.17) is 4.74 Å². The van der Waals surface area contributed by atoms with E-state index in [1.807, 2.05) is 24.3 Å². The molecular weight excluding hydrogens is 176 g/mol. The molecule has 1 nitrogen and oxygen atoms in total. The van der Waals surface area contributed by atoms with Crippen LogP contribution in [0.4, 0.5) is 0 Å². The lowest BCUT2D eigenvalue weighted by Gasteiger charge is -1.98. The highest BCUT2D eigenvalue weighted by Crippen LogP contribution is 2.18. The zero-order valence-corrected chi connectivity index (χ0v) is 8.44. The predicted molar refractivity (Wildman–Crippen MR) is 55.2 cm³/mol. The smallest absolute Gasteiger partial charge is 0.118 e. The van der Waals surface area contributed by atoms with Gasteiger partial charge in [0.15, 0.2) is 0 Å². The molecule has 0 aliphatic rings. The van der Waals surface area contributed by atoms with E-state index >= 15 is 0 Å². The molecule has 3 heteroatoms. The summed E-state index contributed by atoms with van der Waals surface area (Å²) in [5, 5.41) is 0. The molecule has 62 valence electrons. The standard InChI is InChI=1S/C8H10OS.H2S/c1-9-7-3-5-8(10-2)6-4-7;/h3-6H,1-2H3;1H2. The summed E-state index contributed by atoms with van der Waals surface area (Å²) in [5.74, 6) is 0.915. The van der Waals surface area contributed by atoms with Crippen LogP contribution in [0.15, 0.2) is 29.2 Å². The summed E-state index contributed by atoms with van der Waals surface area (Å²) < 4.78 is 5.00. The van der Waals surface area contributed by atoms with Crippen LogP contribution in [0.1, 0.15) is 0 Å². The van der Waals surface area contributed by atoms with E-state index in [1.165, 1.54) is 4.90 Å². The van der Waals surface area contributed by atoms with E-state index in [2.05, 4.69) is 6.26 Å². The van der Waals surface area contributed by atoms with Crippen LogP contribution in [-0.4, -0.2) is 13.4 Å². The first kappa shape index (κ1) is 10.7. The number of methoxy groups -OCH3 is 1. The maximum Gasteiger partial charge on any atom is 0.118 e. The predicted octanol–water partition coefficient (Wildman–Crippen LogP) is 2.53. The zero-order valence-electron chi connectivity index (χ0n) is 6.63. The van der Waals surface area contributed by atoms with E-state index in [9.17, 15) is 0 Å². The number of ether oxygens (including phenoxy) is 1. The summed E-state index contributed by atoms with van der Waals surface area (Å²) in [6.45, 7) is 0. The van der Waals surface area contributed by atoms with Gasteiger partial charge in [-0.05, 0) is 30.5 Å². The lowest BCUT2D eigenvalue weighted by Crippen LogP contribution is -1.80. The number of hydrogen-bond acceptors (Lipinski definition) is 2.